The number of rotatable bonds is 5. The summed E-state index contributed by atoms with van der Waals surface area (Å²) in [5.41, 5.74) is 5.64. The van der Waals surface area contributed by atoms with Crippen LogP contribution in [0.3, 0.4) is 0 Å². The number of benzene rings is 2. The van der Waals surface area contributed by atoms with Crippen LogP contribution in [0.1, 0.15) is 16.8 Å². The van der Waals surface area contributed by atoms with E-state index in [9.17, 15) is 0 Å². The lowest BCUT2D eigenvalue weighted by atomic mass is 10.0. The predicted octanol–water partition coefficient (Wildman–Crippen LogP) is 4.84. The number of nitrogens with zero attached hydrogens (tertiary/aromatic N) is 4. The van der Waals surface area contributed by atoms with Crippen molar-refractivity contribution < 1.29 is 0 Å². The summed E-state index contributed by atoms with van der Waals surface area (Å²) in [6, 6.07) is 24.7. The van der Waals surface area contributed by atoms with Crippen LogP contribution in [-0.2, 0) is 19.5 Å². The molecule has 1 N–H and O–H groups in total. The van der Waals surface area contributed by atoms with Gasteiger partial charge in [-0.3, -0.25) is 9.88 Å². The van der Waals surface area contributed by atoms with Gasteiger partial charge in [0.15, 0.2) is 5.82 Å². The van der Waals surface area contributed by atoms with E-state index in [1.807, 2.05) is 30.3 Å². The zero-order chi connectivity index (χ0) is 20.2. The van der Waals surface area contributed by atoms with Gasteiger partial charge in [0.2, 0.25) is 0 Å². The van der Waals surface area contributed by atoms with Crippen molar-refractivity contribution in [2.24, 2.45) is 0 Å². The number of nitrogens with one attached hydrogen (secondary N) is 1. The fourth-order valence-corrected chi connectivity index (χ4v) is 3.84. The highest BCUT2D eigenvalue weighted by Gasteiger charge is 2.23. The molecule has 5 rings (SSSR count). The van der Waals surface area contributed by atoms with Crippen LogP contribution in [0.15, 0.2) is 85.2 Å². The second kappa shape index (κ2) is 8.43. The van der Waals surface area contributed by atoms with Crippen molar-refractivity contribution >= 4 is 11.5 Å². The minimum absolute atomic E-state index is 0.766. The first kappa shape index (κ1) is 18.5. The Morgan fingerprint density at radius 2 is 1.57 bits per heavy atom. The minimum atomic E-state index is 0.766. The van der Waals surface area contributed by atoms with Crippen LogP contribution in [0.2, 0.25) is 0 Å². The van der Waals surface area contributed by atoms with E-state index >= 15 is 0 Å². The zero-order valence-electron chi connectivity index (χ0n) is 16.7. The van der Waals surface area contributed by atoms with E-state index in [0.717, 1.165) is 54.6 Å². The van der Waals surface area contributed by atoms with Gasteiger partial charge < -0.3 is 5.32 Å². The molecule has 0 spiro atoms. The van der Waals surface area contributed by atoms with Crippen molar-refractivity contribution in [1.82, 2.24) is 19.9 Å². The molecule has 0 bridgehead atoms. The lowest BCUT2D eigenvalue weighted by Gasteiger charge is -2.29. The van der Waals surface area contributed by atoms with Crippen molar-refractivity contribution in [1.29, 1.82) is 0 Å². The molecule has 0 amide bonds. The summed E-state index contributed by atoms with van der Waals surface area (Å²) in [4.78, 5) is 16.4. The summed E-state index contributed by atoms with van der Waals surface area (Å²) in [6.45, 7) is 2.74. The smallest absolute Gasteiger partial charge is 0.161 e. The first-order chi connectivity index (χ1) is 14.8. The zero-order valence-corrected chi connectivity index (χ0v) is 16.7. The highest BCUT2D eigenvalue weighted by atomic mass is 15.1. The third-order valence-electron chi connectivity index (χ3n) is 5.36. The molecule has 0 unspecified atom stereocenters. The monoisotopic (exact) mass is 393 g/mol. The van der Waals surface area contributed by atoms with Crippen LogP contribution in [0, 0.1) is 0 Å². The maximum absolute atomic E-state index is 4.94. The molecule has 1 aliphatic rings. The fraction of sp³-hybridized carbons (Fsp3) is 0.160. The molecule has 148 valence electrons. The molecule has 0 atom stereocenters. The van der Waals surface area contributed by atoms with E-state index < -0.39 is 0 Å². The van der Waals surface area contributed by atoms with Crippen LogP contribution in [0.4, 0.5) is 11.5 Å². The molecular weight excluding hydrogens is 370 g/mol. The van der Waals surface area contributed by atoms with E-state index in [1.54, 1.807) is 12.4 Å². The second-order valence-corrected chi connectivity index (χ2v) is 7.49. The summed E-state index contributed by atoms with van der Waals surface area (Å²) in [7, 11) is 0. The second-order valence-electron chi connectivity index (χ2n) is 7.49. The van der Waals surface area contributed by atoms with E-state index in [2.05, 4.69) is 57.7 Å². The number of fused-ring (bicyclic) bond motifs is 1. The number of hydrogen-bond acceptors (Lipinski definition) is 5. The molecule has 4 aromatic rings. The average Bonchev–Trinajstić information content (AvgIpc) is 2.81. The highest BCUT2D eigenvalue weighted by Crippen LogP contribution is 2.29. The highest BCUT2D eigenvalue weighted by molar-refractivity contribution is 5.65. The van der Waals surface area contributed by atoms with Gasteiger partial charge in [0.05, 0.1) is 5.69 Å². The van der Waals surface area contributed by atoms with Gasteiger partial charge in [-0.2, -0.15) is 0 Å². The van der Waals surface area contributed by atoms with Gasteiger partial charge in [0.25, 0.3) is 0 Å². The predicted molar refractivity (Wildman–Crippen MR) is 119 cm³/mol. The van der Waals surface area contributed by atoms with Crippen molar-refractivity contribution in [2.45, 2.75) is 19.5 Å². The Morgan fingerprint density at radius 3 is 2.33 bits per heavy atom. The third kappa shape index (κ3) is 4.07. The largest absolute Gasteiger partial charge is 0.340 e. The third-order valence-corrected chi connectivity index (χ3v) is 5.36. The number of anilines is 2. The maximum Gasteiger partial charge on any atom is 0.161 e. The van der Waals surface area contributed by atoms with Crippen molar-refractivity contribution in [3.8, 4) is 11.4 Å². The maximum atomic E-state index is 4.94. The lowest BCUT2D eigenvalue weighted by Crippen LogP contribution is -2.31. The molecule has 0 aliphatic carbocycles. The first-order valence-corrected chi connectivity index (χ1v) is 10.2. The van der Waals surface area contributed by atoms with Crippen LogP contribution in [0.25, 0.3) is 11.4 Å². The molecule has 0 radical (unpaired) electrons. The van der Waals surface area contributed by atoms with Gasteiger partial charge in [-0.15, -0.1) is 0 Å². The summed E-state index contributed by atoms with van der Waals surface area (Å²) >= 11 is 0. The van der Waals surface area contributed by atoms with Crippen LogP contribution >= 0.6 is 0 Å². The molecule has 30 heavy (non-hydrogen) atoms. The minimum Gasteiger partial charge on any atom is -0.340 e. The normalized spacial score (nSPS) is 13.6. The fourth-order valence-electron chi connectivity index (χ4n) is 3.84. The van der Waals surface area contributed by atoms with Gasteiger partial charge in [-0.1, -0.05) is 60.7 Å². The van der Waals surface area contributed by atoms with E-state index in [-0.39, 0.29) is 0 Å². The average molecular weight is 393 g/mol. The number of aromatic nitrogens is 3. The van der Waals surface area contributed by atoms with E-state index in [1.165, 1.54) is 11.1 Å². The molecule has 0 saturated carbocycles. The van der Waals surface area contributed by atoms with E-state index in [0.29, 0.717) is 0 Å². The number of hydrogen-bond donors (Lipinski definition) is 1. The standard InChI is InChI=1S/C25H23N5/c1-3-7-19(8-4-1)17-30-16-13-23-22(18-30)25(27-21-11-14-26-15-12-21)29-24(28-23)20-9-5-2-6-10-20/h1-12,14-15H,13,16-18H2,(H,26,27,28,29). The molecule has 1 aliphatic heterocycles. The van der Waals surface area contributed by atoms with E-state index in [4.69, 9.17) is 9.97 Å². The quantitative estimate of drug-likeness (QED) is 0.526. The SMILES string of the molecule is c1ccc(CN2CCc3nc(-c4ccccc4)nc(Nc4ccncc4)c3C2)cc1. The molecule has 2 aromatic carbocycles. The Balaban J connectivity index is 1.50. The van der Waals surface area contributed by atoms with Crippen LogP contribution < -0.4 is 5.32 Å². The molecule has 5 heteroatoms. The van der Waals surface area contributed by atoms with Gasteiger partial charge in [-0.25, -0.2) is 9.97 Å². The molecule has 0 saturated heterocycles. The van der Waals surface area contributed by atoms with Gasteiger partial charge in [0.1, 0.15) is 5.82 Å². The summed E-state index contributed by atoms with van der Waals surface area (Å²) in [5.74, 6) is 1.64. The summed E-state index contributed by atoms with van der Waals surface area (Å²) < 4.78 is 0. The van der Waals surface area contributed by atoms with Gasteiger partial charge >= 0.3 is 0 Å². The molecule has 2 aromatic heterocycles. The molecule has 5 nitrogen and oxygen atoms in total. The summed E-state index contributed by atoms with van der Waals surface area (Å²) in [6.07, 6.45) is 4.49. The number of pyridine rings is 1. The first-order valence-electron chi connectivity index (χ1n) is 10.2. The Labute approximate surface area is 176 Å². The topological polar surface area (TPSA) is 53.9 Å². The van der Waals surface area contributed by atoms with Crippen molar-refractivity contribution in [3.63, 3.8) is 0 Å². The molecule has 0 fully saturated rings. The van der Waals surface area contributed by atoms with Crippen molar-refractivity contribution in [3.05, 3.63) is 102 Å². The molecule has 3 heterocycles. The lowest BCUT2D eigenvalue weighted by molar-refractivity contribution is 0.243. The Hall–Kier alpha value is -3.57. The Bertz CT molecular complexity index is 1110. The van der Waals surface area contributed by atoms with Gasteiger partial charge in [-0.05, 0) is 17.7 Å². The van der Waals surface area contributed by atoms with Gasteiger partial charge in [0, 0.05) is 55.3 Å². The molecular formula is C25H23N5. The Morgan fingerprint density at radius 1 is 0.833 bits per heavy atom. The van der Waals surface area contributed by atoms with Crippen LogP contribution in [-0.4, -0.2) is 26.4 Å². The summed E-state index contributed by atoms with van der Waals surface area (Å²) in [5, 5.41) is 3.51. The Kier molecular flexibility index (Phi) is 5.19. The van der Waals surface area contributed by atoms with Crippen LogP contribution in [0.5, 0.6) is 0 Å². The van der Waals surface area contributed by atoms with Crippen molar-refractivity contribution in [2.75, 3.05) is 11.9 Å².